The number of hydrogen-bond donors (Lipinski definition) is 7. The maximum atomic E-state index is 14.2. The predicted molar refractivity (Wildman–Crippen MR) is 262 cm³/mol. The van der Waals surface area contributed by atoms with Gasteiger partial charge in [0.15, 0.2) is 0 Å². The molecule has 7 N–H and O–H groups in total. The molecule has 2 rings (SSSR count). The van der Waals surface area contributed by atoms with E-state index >= 15 is 0 Å². The minimum absolute atomic E-state index is 0.0104. The lowest BCUT2D eigenvalue weighted by Crippen LogP contribution is -2.56. The van der Waals surface area contributed by atoms with Crippen molar-refractivity contribution in [1.82, 2.24) is 37.2 Å². The Kier molecular flexibility index (Phi) is 23.6. The molecule has 0 radical (unpaired) electrons. The summed E-state index contributed by atoms with van der Waals surface area (Å²) in [5.74, 6) is -0.251. The van der Waals surface area contributed by atoms with Gasteiger partial charge in [-0.05, 0) is 197 Å². The summed E-state index contributed by atoms with van der Waals surface area (Å²) in [5, 5.41) is 23.9. The van der Waals surface area contributed by atoms with Crippen molar-refractivity contribution < 1.29 is 23.9 Å². The first-order valence-corrected chi connectivity index (χ1v) is 25.3. The summed E-state index contributed by atoms with van der Waals surface area (Å²) in [4.78, 5) is 41.7. The van der Waals surface area contributed by atoms with Crippen LogP contribution < -0.4 is 37.2 Å². The van der Waals surface area contributed by atoms with Gasteiger partial charge in [-0.15, -0.1) is 0 Å². The van der Waals surface area contributed by atoms with Crippen LogP contribution in [0.2, 0.25) is 0 Å². The highest BCUT2D eigenvalue weighted by Gasteiger charge is 2.55. The van der Waals surface area contributed by atoms with Crippen LogP contribution in [-0.4, -0.2) is 110 Å². The number of unbranched alkanes of at least 4 members (excludes halogenated alkanes) is 3. The highest BCUT2D eigenvalue weighted by Crippen LogP contribution is 2.57. The molecule has 3 unspecified atom stereocenters. The van der Waals surface area contributed by atoms with Crippen molar-refractivity contribution in [2.45, 2.75) is 252 Å². The minimum atomic E-state index is -0.675. The van der Waals surface area contributed by atoms with E-state index in [1.165, 1.54) is 0 Å². The molecule has 0 spiro atoms. The van der Waals surface area contributed by atoms with Crippen molar-refractivity contribution in [2.75, 3.05) is 46.0 Å². The average Bonchev–Trinajstić information content (AvgIpc) is 3.72. The SMILES string of the molecule is CCC(C)(CC)COCCOC12CCC(CNC(=O)C(CCCCNC(=O)C(CCCCNC(C)(C)C)NC(C)(C)C)NC(=O)C(CCCCNC(C)(C)C)NC(C)(C)C)(CC1)C2. The van der Waals surface area contributed by atoms with E-state index in [0.717, 1.165) is 96.7 Å². The van der Waals surface area contributed by atoms with Gasteiger partial charge in [-0.1, -0.05) is 33.6 Å². The Labute approximate surface area is 387 Å². The van der Waals surface area contributed by atoms with E-state index in [-0.39, 0.29) is 62.4 Å². The molecule has 0 aromatic heterocycles. The van der Waals surface area contributed by atoms with Crippen LogP contribution in [0.1, 0.15) is 207 Å². The van der Waals surface area contributed by atoms with E-state index in [2.05, 4.69) is 141 Å². The summed E-state index contributed by atoms with van der Waals surface area (Å²) in [6, 6.07) is -1.38. The van der Waals surface area contributed by atoms with Gasteiger partial charge in [0.2, 0.25) is 17.7 Å². The third kappa shape index (κ3) is 24.0. The summed E-state index contributed by atoms with van der Waals surface area (Å²) in [6.45, 7) is 37.1. The molecule has 2 fully saturated rings. The molecule has 2 aliphatic rings. The smallest absolute Gasteiger partial charge is 0.242 e. The Balaban J connectivity index is 2.06. The zero-order chi connectivity index (χ0) is 47.6. The Morgan fingerprint density at radius 1 is 0.540 bits per heavy atom. The fraction of sp³-hybridized carbons (Fsp3) is 0.941. The molecule has 63 heavy (non-hydrogen) atoms. The minimum Gasteiger partial charge on any atom is -0.378 e. The van der Waals surface area contributed by atoms with Crippen molar-refractivity contribution in [2.24, 2.45) is 10.8 Å². The van der Waals surface area contributed by atoms with Gasteiger partial charge in [0.1, 0.15) is 6.04 Å². The number of carbonyl (C=O) groups is 3. The monoisotopic (exact) mass is 892 g/mol. The molecule has 0 aromatic rings. The summed E-state index contributed by atoms with van der Waals surface area (Å²) < 4.78 is 12.6. The molecule has 0 saturated heterocycles. The second-order valence-corrected chi connectivity index (χ2v) is 24.1. The molecule has 0 aliphatic heterocycles. The van der Waals surface area contributed by atoms with Crippen molar-refractivity contribution in [1.29, 1.82) is 0 Å². The van der Waals surface area contributed by atoms with Crippen molar-refractivity contribution in [3.05, 3.63) is 0 Å². The highest BCUT2D eigenvalue weighted by atomic mass is 16.5. The summed E-state index contributed by atoms with van der Waals surface area (Å²) in [7, 11) is 0. The Bertz CT molecular complexity index is 1330. The third-order valence-electron chi connectivity index (χ3n) is 13.2. The van der Waals surface area contributed by atoms with Crippen LogP contribution in [0.15, 0.2) is 0 Å². The van der Waals surface area contributed by atoms with Gasteiger partial charge < -0.3 is 46.7 Å². The average molecular weight is 892 g/mol. The number of hydrogen-bond acceptors (Lipinski definition) is 9. The first-order valence-electron chi connectivity index (χ1n) is 25.3. The normalized spacial score (nSPS) is 21.0. The van der Waals surface area contributed by atoms with E-state index < -0.39 is 12.1 Å². The van der Waals surface area contributed by atoms with Crippen molar-refractivity contribution in [3.63, 3.8) is 0 Å². The molecule has 12 nitrogen and oxygen atoms in total. The number of nitrogens with one attached hydrogen (secondary N) is 7. The number of carbonyl (C=O) groups excluding carboxylic acids is 3. The third-order valence-corrected chi connectivity index (χ3v) is 13.2. The number of amides is 3. The lowest BCUT2D eigenvalue weighted by Gasteiger charge is -2.31. The maximum Gasteiger partial charge on any atom is 0.242 e. The van der Waals surface area contributed by atoms with E-state index in [9.17, 15) is 14.4 Å². The lowest BCUT2D eigenvalue weighted by molar-refractivity contribution is -0.130. The topological polar surface area (TPSA) is 154 Å². The van der Waals surface area contributed by atoms with Crippen LogP contribution in [0.3, 0.4) is 0 Å². The molecule has 3 atom stereocenters. The first-order chi connectivity index (χ1) is 29.1. The summed E-state index contributed by atoms with van der Waals surface area (Å²) >= 11 is 0. The molecule has 12 heteroatoms. The highest BCUT2D eigenvalue weighted by molar-refractivity contribution is 5.89. The molecule has 2 aliphatic carbocycles. The van der Waals surface area contributed by atoms with Gasteiger partial charge in [-0.2, -0.15) is 0 Å². The van der Waals surface area contributed by atoms with E-state index in [0.29, 0.717) is 52.0 Å². The van der Waals surface area contributed by atoms with Crippen LogP contribution in [0.4, 0.5) is 0 Å². The first kappa shape index (κ1) is 57.3. The van der Waals surface area contributed by atoms with Crippen LogP contribution >= 0.6 is 0 Å². The summed E-state index contributed by atoms with van der Waals surface area (Å²) in [5.41, 5.74) is -0.263. The number of rotatable bonds is 31. The van der Waals surface area contributed by atoms with Gasteiger partial charge in [0, 0.05) is 35.2 Å². The molecule has 3 amide bonds. The Hall–Kier alpha value is -1.83. The number of fused-ring (bicyclic) bond motifs is 2. The van der Waals surface area contributed by atoms with Gasteiger partial charge in [0.25, 0.3) is 0 Å². The predicted octanol–water partition coefficient (Wildman–Crippen LogP) is 8.07. The standard InChI is InChI=1S/C51H101N7O5/c1-16-49(15,17-2)38-62-34-35-63-51-29-27-50(36-51,28-30-51)37-53-42(59)39(56-44(61)41(58-48(12,13)14)26-20-23-33-55-46(6,7)8)24-18-21-31-52-43(60)40(57-47(9,10)11)25-19-22-32-54-45(3,4)5/h39-41,54-55,57-58H,16-38H2,1-15H3,(H,52,60)(H,53,59)(H,56,61). The van der Waals surface area contributed by atoms with E-state index in [4.69, 9.17) is 9.47 Å². The fourth-order valence-corrected chi connectivity index (χ4v) is 9.00. The van der Waals surface area contributed by atoms with Crippen LogP contribution in [0.5, 0.6) is 0 Å². The van der Waals surface area contributed by atoms with Crippen molar-refractivity contribution >= 4 is 17.7 Å². The van der Waals surface area contributed by atoms with Crippen LogP contribution in [0, 0.1) is 10.8 Å². The second-order valence-electron chi connectivity index (χ2n) is 24.1. The van der Waals surface area contributed by atoms with Gasteiger partial charge >= 0.3 is 0 Å². The van der Waals surface area contributed by atoms with Crippen molar-refractivity contribution in [3.8, 4) is 0 Å². The molecular weight excluding hydrogens is 791 g/mol. The quantitative estimate of drug-likeness (QED) is 0.0343. The largest absolute Gasteiger partial charge is 0.378 e. The van der Waals surface area contributed by atoms with Gasteiger partial charge in [-0.25, -0.2) is 0 Å². The van der Waals surface area contributed by atoms with E-state index in [1.807, 2.05) is 0 Å². The van der Waals surface area contributed by atoms with Gasteiger partial charge in [-0.3, -0.25) is 14.4 Å². The van der Waals surface area contributed by atoms with Crippen LogP contribution in [0.25, 0.3) is 0 Å². The molecule has 2 saturated carbocycles. The lowest BCUT2D eigenvalue weighted by atomic mass is 9.84. The molecular formula is C51H101N7O5. The summed E-state index contributed by atoms with van der Waals surface area (Å²) in [6.07, 6.45) is 14.3. The Morgan fingerprint density at radius 3 is 1.48 bits per heavy atom. The van der Waals surface area contributed by atoms with Gasteiger partial charge in [0.05, 0.1) is 37.5 Å². The molecule has 2 bridgehead atoms. The Morgan fingerprint density at radius 2 is 1.00 bits per heavy atom. The molecule has 0 aromatic carbocycles. The number of ether oxygens (including phenoxy) is 2. The molecule has 0 heterocycles. The van der Waals surface area contributed by atoms with Crippen LogP contribution in [-0.2, 0) is 23.9 Å². The second kappa shape index (κ2) is 25.9. The maximum absolute atomic E-state index is 14.2. The zero-order valence-electron chi connectivity index (χ0n) is 43.5. The van der Waals surface area contributed by atoms with E-state index in [1.54, 1.807) is 0 Å². The fourth-order valence-electron chi connectivity index (χ4n) is 9.00. The molecule has 370 valence electrons. The zero-order valence-corrected chi connectivity index (χ0v) is 43.5.